The maximum absolute atomic E-state index is 13.3. The van der Waals surface area contributed by atoms with Crippen LogP contribution in [-0.2, 0) is 0 Å². The van der Waals surface area contributed by atoms with Crippen molar-refractivity contribution in [2.75, 3.05) is 0 Å². The van der Waals surface area contributed by atoms with Crippen molar-refractivity contribution >= 4 is 22.0 Å². The zero-order valence-electron chi connectivity index (χ0n) is 27.0. The van der Waals surface area contributed by atoms with Crippen LogP contribution < -0.4 is 5.32 Å². The van der Waals surface area contributed by atoms with Gasteiger partial charge in [0.25, 0.3) is 0 Å². The normalized spacial score (nSPS) is 14.2. The van der Waals surface area contributed by atoms with Crippen LogP contribution in [-0.4, -0.2) is 9.97 Å². The highest BCUT2D eigenvalue weighted by Gasteiger charge is 2.20. The number of aryl methyl sites for hydroxylation is 2. The van der Waals surface area contributed by atoms with Crippen molar-refractivity contribution in [3.8, 4) is 11.3 Å². The first-order chi connectivity index (χ1) is 23.0. The number of dihydropyridines is 1. The second-order valence-corrected chi connectivity index (χ2v) is 11.6. The van der Waals surface area contributed by atoms with E-state index in [0.717, 1.165) is 28.8 Å². The Kier molecular flexibility index (Phi) is 9.78. The molecule has 1 N–H and O–H groups in total. The maximum atomic E-state index is 13.3. The number of para-hydroxylation sites is 1. The van der Waals surface area contributed by atoms with Crippen molar-refractivity contribution in [3.05, 3.63) is 191 Å². The summed E-state index contributed by atoms with van der Waals surface area (Å²) in [6.07, 6.45) is 13.1. The molecule has 0 spiro atoms. The molecule has 3 nitrogen and oxygen atoms in total. The van der Waals surface area contributed by atoms with E-state index in [1.807, 2.05) is 30.6 Å². The first-order valence-corrected chi connectivity index (χ1v) is 16.0. The lowest BCUT2D eigenvalue weighted by molar-refractivity contribution is 0.628. The molecule has 1 aliphatic rings. The van der Waals surface area contributed by atoms with Crippen LogP contribution in [0.5, 0.6) is 0 Å². The minimum Gasteiger partial charge on any atom is -0.380 e. The number of pyridine rings is 2. The molecule has 7 rings (SSSR count). The number of hydrogen-bond acceptors (Lipinski definition) is 3. The molecule has 1 atom stereocenters. The highest BCUT2D eigenvalue weighted by molar-refractivity contribution is 5.93. The summed E-state index contributed by atoms with van der Waals surface area (Å²) in [4.78, 5) is 9.06. The van der Waals surface area contributed by atoms with Gasteiger partial charge in [-0.15, -0.1) is 0 Å². The molecule has 3 heterocycles. The topological polar surface area (TPSA) is 37.8 Å². The molecule has 1 unspecified atom stereocenters. The van der Waals surface area contributed by atoms with Crippen molar-refractivity contribution < 1.29 is 4.39 Å². The fraction of sp³-hybridized carbons (Fsp3) is 0.116. The van der Waals surface area contributed by atoms with Crippen LogP contribution in [0.25, 0.3) is 33.3 Å². The highest BCUT2D eigenvalue weighted by atomic mass is 19.1. The number of nitrogens with one attached hydrogen (secondary N) is 1. The molecule has 0 bridgehead atoms. The van der Waals surface area contributed by atoms with E-state index >= 15 is 0 Å². The molecular formula is C43H38FN3. The van der Waals surface area contributed by atoms with Crippen LogP contribution >= 0.6 is 0 Å². The van der Waals surface area contributed by atoms with Gasteiger partial charge in [-0.2, -0.15) is 0 Å². The maximum Gasteiger partial charge on any atom is 0.123 e. The SMILES string of the molecule is CC/C=C(\c1ccccc1C)c1cccnc1-c1ccc(F)cc1.Cc1cccc(C2NC=CC=C2c2ccnc3ccccc23)c1. The fourth-order valence-electron chi connectivity index (χ4n) is 6.11. The Balaban J connectivity index is 0.000000164. The summed E-state index contributed by atoms with van der Waals surface area (Å²) in [6, 6.07) is 38.2. The molecule has 0 fully saturated rings. The van der Waals surface area contributed by atoms with Gasteiger partial charge in [-0.25, -0.2) is 4.39 Å². The van der Waals surface area contributed by atoms with E-state index in [4.69, 9.17) is 0 Å². The molecule has 4 heteroatoms. The highest BCUT2D eigenvalue weighted by Crippen LogP contribution is 2.36. The molecule has 0 aliphatic carbocycles. The summed E-state index contributed by atoms with van der Waals surface area (Å²) in [7, 11) is 0. The van der Waals surface area contributed by atoms with E-state index in [1.165, 1.54) is 56.5 Å². The number of fused-ring (bicyclic) bond motifs is 1. The molecule has 0 saturated heterocycles. The van der Waals surface area contributed by atoms with Crippen LogP contribution in [0.1, 0.15) is 52.8 Å². The van der Waals surface area contributed by atoms with Gasteiger partial charge in [0.1, 0.15) is 5.82 Å². The Labute approximate surface area is 276 Å². The molecule has 0 radical (unpaired) electrons. The number of halogens is 1. The van der Waals surface area contributed by atoms with Gasteiger partial charge in [0, 0.05) is 28.9 Å². The molecule has 4 aromatic carbocycles. The number of benzene rings is 4. The summed E-state index contributed by atoms with van der Waals surface area (Å²) in [5, 5.41) is 4.70. The fourth-order valence-corrected chi connectivity index (χ4v) is 6.11. The van der Waals surface area contributed by atoms with Gasteiger partial charge in [0.2, 0.25) is 0 Å². The standard InChI is InChI=1S/C22H20FN.C21H18N2/c1-3-7-20(19-9-5-4-8-16(19)2)21-10-6-15-24-22(21)17-11-13-18(23)14-12-17;1-15-6-4-7-16(14-15)21-19(9-5-12-23-21)17-11-13-22-20-10-3-2-8-18(17)20/h4-15H,3H2,1-2H3;2-14,21,23H,1H3/b20-7+;. The molecular weight excluding hydrogens is 577 g/mol. The lowest BCUT2D eigenvalue weighted by Gasteiger charge is -2.25. The van der Waals surface area contributed by atoms with Crippen molar-refractivity contribution in [1.82, 2.24) is 15.3 Å². The smallest absolute Gasteiger partial charge is 0.123 e. The lowest BCUT2D eigenvalue weighted by Crippen LogP contribution is -2.19. The van der Waals surface area contributed by atoms with E-state index in [0.29, 0.717) is 0 Å². The van der Waals surface area contributed by atoms with E-state index in [2.05, 4.69) is 127 Å². The van der Waals surface area contributed by atoms with Crippen molar-refractivity contribution in [3.63, 3.8) is 0 Å². The second kappa shape index (κ2) is 14.7. The van der Waals surface area contributed by atoms with E-state index in [1.54, 1.807) is 18.3 Å². The summed E-state index contributed by atoms with van der Waals surface area (Å²) in [6.45, 7) is 6.38. The Morgan fingerprint density at radius 3 is 2.38 bits per heavy atom. The van der Waals surface area contributed by atoms with E-state index < -0.39 is 0 Å². The molecule has 0 amide bonds. The van der Waals surface area contributed by atoms with Gasteiger partial charge in [-0.3, -0.25) is 9.97 Å². The number of aromatic nitrogens is 2. The molecule has 2 aromatic heterocycles. The number of rotatable bonds is 6. The van der Waals surface area contributed by atoms with Gasteiger partial charge in [0.15, 0.2) is 0 Å². The second-order valence-electron chi connectivity index (χ2n) is 11.6. The summed E-state index contributed by atoms with van der Waals surface area (Å²) in [5.74, 6) is -0.237. The van der Waals surface area contributed by atoms with Gasteiger partial charge in [0.05, 0.1) is 17.3 Å². The predicted molar refractivity (Wildman–Crippen MR) is 194 cm³/mol. The van der Waals surface area contributed by atoms with Crippen molar-refractivity contribution in [2.45, 2.75) is 33.2 Å². The van der Waals surface area contributed by atoms with Crippen LogP contribution in [0.4, 0.5) is 4.39 Å². The van der Waals surface area contributed by atoms with Gasteiger partial charge >= 0.3 is 0 Å². The Morgan fingerprint density at radius 1 is 0.787 bits per heavy atom. The Bertz CT molecular complexity index is 2080. The van der Waals surface area contributed by atoms with Crippen LogP contribution in [0, 0.1) is 19.7 Å². The van der Waals surface area contributed by atoms with Crippen molar-refractivity contribution in [1.29, 1.82) is 0 Å². The van der Waals surface area contributed by atoms with Gasteiger partial charge in [-0.1, -0.05) is 97.4 Å². The summed E-state index contributed by atoms with van der Waals surface area (Å²) >= 11 is 0. The molecule has 47 heavy (non-hydrogen) atoms. The number of allylic oxidation sites excluding steroid dienone is 3. The zero-order chi connectivity index (χ0) is 32.6. The largest absolute Gasteiger partial charge is 0.380 e. The van der Waals surface area contributed by atoms with Crippen LogP contribution in [0.15, 0.2) is 152 Å². The first-order valence-electron chi connectivity index (χ1n) is 16.0. The van der Waals surface area contributed by atoms with Gasteiger partial charge < -0.3 is 5.32 Å². The Hall–Kier alpha value is -5.61. The molecule has 1 aliphatic heterocycles. The average Bonchev–Trinajstić information content (AvgIpc) is 3.11. The summed E-state index contributed by atoms with van der Waals surface area (Å²) in [5.41, 5.74) is 12.6. The van der Waals surface area contributed by atoms with Crippen LogP contribution in [0.3, 0.4) is 0 Å². The monoisotopic (exact) mass is 615 g/mol. The molecule has 0 saturated carbocycles. The first kappa shape index (κ1) is 31.4. The molecule has 232 valence electrons. The average molecular weight is 616 g/mol. The third-order valence-corrected chi connectivity index (χ3v) is 8.34. The minimum atomic E-state index is -0.237. The number of nitrogens with zero attached hydrogens (tertiary/aromatic N) is 2. The van der Waals surface area contributed by atoms with Crippen molar-refractivity contribution in [2.24, 2.45) is 0 Å². The Morgan fingerprint density at radius 2 is 1.57 bits per heavy atom. The predicted octanol–water partition coefficient (Wildman–Crippen LogP) is 10.8. The minimum absolute atomic E-state index is 0.158. The quantitative estimate of drug-likeness (QED) is 0.203. The third kappa shape index (κ3) is 7.13. The number of hydrogen-bond donors (Lipinski definition) is 1. The van der Waals surface area contributed by atoms with E-state index in [-0.39, 0.29) is 11.9 Å². The molecule has 6 aromatic rings. The van der Waals surface area contributed by atoms with Crippen LogP contribution in [0.2, 0.25) is 0 Å². The van der Waals surface area contributed by atoms with Gasteiger partial charge in [-0.05, 0) is 108 Å². The summed E-state index contributed by atoms with van der Waals surface area (Å²) < 4.78 is 13.3. The zero-order valence-corrected chi connectivity index (χ0v) is 27.0. The third-order valence-electron chi connectivity index (χ3n) is 8.34. The van der Waals surface area contributed by atoms with E-state index in [9.17, 15) is 4.39 Å². The lowest BCUT2D eigenvalue weighted by atomic mass is 9.89.